The van der Waals surface area contributed by atoms with E-state index in [4.69, 9.17) is 0 Å². The SMILES string of the molecule is CCCNC1CCN(C(=O)CC(C)CC)CC1CC. The van der Waals surface area contributed by atoms with Crippen molar-refractivity contribution in [2.75, 3.05) is 19.6 Å². The van der Waals surface area contributed by atoms with Crippen LogP contribution in [0.4, 0.5) is 0 Å². The van der Waals surface area contributed by atoms with Gasteiger partial charge in [-0.1, -0.05) is 40.5 Å². The normalized spacial score (nSPS) is 25.4. The Morgan fingerprint density at radius 1 is 1.37 bits per heavy atom. The number of nitrogens with zero attached hydrogens (tertiary/aromatic N) is 1. The summed E-state index contributed by atoms with van der Waals surface area (Å²) in [4.78, 5) is 14.4. The van der Waals surface area contributed by atoms with E-state index in [2.05, 4.69) is 37.9 Å². The van der Waals surface area contributed by atoms with Gasteiger partial charge in [-0.25, -0.2) is 0 Å². The van der Waals surface area contributed by atoms with Crippen molar-refractivity contribution in [2.45, 2.75) is 65.8 Å². The lowest BCUT2D eigenvalue weighted by Gasteiger charge is -2.39. The molecule has 0 aromatic rings. The molecule has 0 aliphatic carbocycles. The molecule has 1 aliphatic rings. The fourth-order valence-electron chi connectivity index (χ4n) is 2.84. The summed E-state index contributed by atoms with van der Waals surface area (Å²) in [5.74, 6) is 1.51. The van der Waals surface area contributed by atoms with Crippen LogP contribution in [0.2, 0.25) is 0 Å². The first-order valence-electron chi connectivity index (χ1n) is 8.13. The quantitative estimate of drug-likeness (QED) is 0.769. The minimum Gasteiger partial charge on any atom is -0.342 e. The Morgan fingerprint density at radius 2 is 2.11 bits per heavy atom. The third-order valence-corrected chi connectivity index (χ3v) is 4.49. The van der Waals surface area contributed by atoms with E-state index in [0.29, 0.717) is 23.8 Å². The van der Waals surface area contributed by atoms with Gasteiger partial charge in [-0.2, -0.15) is 0 Å². The highest BCUT2D eigenvalue weighted by Gasteiger charge is 2.29. The first-order chi connectivity index (χ1) is 9.12. The second-order valence-electron chi connectivity index (χ2n) is 6.07. The van der Waals surface area contributed by atoms with Gasteiger partial charge in [-0.05, 0) is 31.2 Å². The molecule has 0 spiro atoms. The van der Waals surface area contributed by atoms with Crippen LogP contribution in [0.5, 0.6) is 0 Å². The Kier molecular flexibility index (Phi) is 7.44. The van der Waals surface area contributed by atoms with Crippen molar-refractivity contribution >= 4 is 5.91 Å². The average molecular weight is 268 g/mol. The van der Waals surface area contributed by atoms with E-state index in [9.17, 15) is 4.79 Å². The van der Waals surface area contributed by atoms with E-state index in [1.807, 2.05) is 0 Å². The topological polar surface area (TPSA) is 32.3 Å². The standard InChI is InChI=1S/C16H32N2O/c1-5-9-17-15-8-10-18(12-14(15)7-3)16(19)11-13(4)6-2/h13-15,17H,5-12H2,1-4H3. The number of rotatable bonds is 7. The molecule has 0 aromatic carbocycles. The number of hydrogen-bond donors (Lipinski definition) is 1. The molecule has 19 heavy (non-hydrogen) atoms. The van der Waals surface area contributed by atoms with Crippen LogP contribution in [0, 0.1) is 11.8 Å². The van der Waals surface area contributed by atoms with Gasteiger partial charge in [0.1, 0.15) is 0 Å². The molecule has 0 bridgehead atoms. The lowest BCUT2D eigenvalue weighted by atomic mass is 9.89. The maximum absolute atomic E-state index is 12.3. The molecule has 3 nitrogen and oxygen atoms in total. The third kappa shape index (κ3) is 5.13. The van der Waals surface area contributed by atoms with Gasteiger partial charge in [-0.15, -0.1) is 0 Å². The van der Waals surface area contributed by atoms with Crippen LogP contribution >= 0.6 is 0 Å². The zero-order valence-corrected chi connectivity index (χ0v) is 13.2. The van der Waals surface area contributed by atoms with Gasteiger partial charge in [0.25, 0.3) is 0 Å². The second-order valence-corrected chi connectivity index (χ2v) is 6.07. The van der Waals surface area contributed by atoms with Crippen molar-refractivity contribution in [1.29, 1.82) is 0 Å². The molecule has 1 amide bonds. The van der Waals surface area contributed by atoms with Crippen LogP contribution in [0.1, 0.15) is 59.8 Å². The smallest absolute Gasteiger partial charge is 0.222 e. The maximum Gasteiger partial charge on any atom is 0.222 e. The molecule has 3 atom stereocenters. The summed E-state index contributed by atoms with van der Waals surface area (Å²) in [5.41, 5.74) is 0. The van der Waals surface area contributed by atoms with E-state index in [-0.39, 0.29) is 0 Å². The highest BCUT2D eigenvalue weighted by molar-refractivity contribution is 5.76. The van der Waals surface area contributed by atoms with Gasteiger partial charge < -0.3 is 10.2 Å². The minimum absolute atomic E-state index is 0.363. The number of carbonyl (C=O) groups is 1. The Labute approximate surface area is 119 Å². The van der Waals surface area contributed by atoms with E-state index in [1.54, 1.807) is 0 Å². The molecule has 1 aliphatic heterocycles. The zero-order valence-electron chi connectivity index (χ0n) is 13.2. The van der Waals surface area contributed by atoms with Crippen LogP contribution in [0.15, 0.2) is 0 Å². The van der Waals surface area contributed by atoms with E-state index in [0.717, 1.165) is 45.3 Å². The Balaban J connectivity index is 2.46. The number of carbonyl (C=O) groups excluding carboxylic acids is 1. The molecule has 0 aromatic heterocycles. The van der Waals surface area contributed by atoms with Crippen LogP contribution < -0.4 is 5.32 Å². The molecular formula is C16H32N2O. The van der Waals surface area contributed by atoms with E-state index in [1.165, 1.54) is 6.42 Å². The average Bonchev–Trinajstić information content (AvgIpc) is 2.44. The van der Waals surface area contributed by atoms with Gasteiger partial charge in [0.2, 0.25) is 5.91 Å². The fourth-order valence-corrected chi connectivity index (χ4v) is 2.84. The summed E-state index contributed by atoms with van der Waals surface area (Å²) >= 11 is 0. The fraction of sp³-hybridized carbons (Fsp3) is 0.938. The number of amides is 1. The lowest BCUT2D eigenvalue weighted by Crippen LogP contribution is -2.51. The van der Waals surface area contributed by atoms with E-state index >= 15 is 0 Å². The monoisotopic (exact) mass is 268 g/mol. The molecule has 3 heteroatoms. The highest BCUT2D eigenvalue weighted by atomic mass is 16.2. The number of piperidine rings is 1. The Hall–Kier alpha value is -0.570. The first kappa shape index (κ1) is 16.5. The van der Waals surface area contributed by atoms with Crippen molar-refractivity contribution in [3.63, 3.8) is 0 Å². The molecule has 1 saturated heterocycles. The summed E-state index contributed by atoms with van der Waals surface area (Å²) in [7, 11) is 0. The van der Waals surface area contributed by atoms with E-state index < -0.39 is 0 Å². The number of nitrogens with one attached hydrogen (secondary N) is 1. The summed E-state index contributed by atoms with van der Waals surface area (Å²) in [6, 6.07) is 0.609. The van der Waals surface area contributed by atoms with Crippen molar-refractivity contribution in [3.8, 4) is 0 Å². The van der Waals surface area contributed by atoms with Crippen LogP contribution in [0.3, 0.4) is 0 Å². The maximum atomic E-state index is 12.3. The molecule has 3 unspecified atom stereocenters. The second kappa shape index (κ2) is 8.57. The van der Waals surface area contributed by atoms with Gasteiger partial charge in [0.05, 0.1) is 0 Å². The third-order valence-electron chi connectivity index (χ3n) is 4.49. The molecule has 1 N–H and O–H groups in total. The molecular weight excluding hydrogens is 236 g/mol. The van der Waals surface area contributed by atoms with Crippen LogP contribution in [-0.4, -0.2) is 36.5 Å². The molecule has 1 fully saturated rings. The number of likely N-dealkylation sites (tertiary alicyclic amines) is 1. The van der Waals surface area contributed by atoms with Gasteiger partial charge >= 0.3 is 0 Å². The summed E-state index contributed by atoms with van der Waals surface area (Å²) in [6.45, 7) is 11.8. The van der Waals surface area contributed by atoms with Gasteiger partial charge in [0, 0.05) is 25.6 Å². The van der Waals surface area contributed by atoms with Gasteiger partial charge in [0.15, 0.2) is 0 Å². The van der Waals surface area contributed by atoms with Crippen molar-refractivity contribution in [3.05, 3.63) is 0 Å². The molecule has 1 rings (SSSR count). The highest BCUT2D eigenvalue weighted by Crippen LogP contribution is 2.22. The first-order valence-corrected chi connectivity index (χ1v) is 8.13. The molecule has 1 heterocycles. The van der Waals surface area contributed by atoms with Crippen LogP contribution in [-0.2, 0) is 4.79 Å². The molecule has 112 valence electrons. The Morgan fingerprint density at radius 3 is 2.68 bits per heavy atom. The van der Waals surface area contributed by atoms with Crippen molar-refractivity contribution in [1.82, 2.24) is 10.2 Å². The zero-order chi connectivity index (χ0) is 14.3. The van der Waals surface area contributed by atoms with Crippen molar-refractivity contribution < 1.29 is 4.79 Å². The Bertz CT molecular complexity index is 267. The van der Waals surface area contributed by atoms with Crippen LogP contribution in [0.25, 0.3) is 0 Å². The summed E-state index contributed by atoms with van der Waals surface area (Å²) < 4.78 is 0. The molecule has 0 radical (unpaired) electrons. The predicted molar refractivity (Wildman–Crippen MR) is 81.1 cm³/mol. The number of hydrogen-bond acceptors (Lipinski definition) is 2. The van der Waals surface area contributed by atoms with Crippen molar-refractivity contribution in [2.24, 2.45) is 11.8 Å². The summed E-state index contributed by atoms with van der Waals surface area (Å²) in [6.07, 6.45) is 5.28. The molecule has 0 saturated carbocycles. The predicted octanol–water partition coefficient (Wildman–Crippen LogP) is 3.05. The lowest BCUT2D eigenvalue weighted by molar-refractivity contribution is -0.134. The largest absolute Gasteiger partial charge is 0.342 e. The van der Waals surface area contributed by atoms with Gasteiger partial charge in [-0.3, -0.25) is 4.79 Å². The summed E-state index contributed by atoms with van der Waals surface area (Å²) in [5, 5.41) is 3.65. The minimum atomic E-state index is 0.363.